The van der Waals surface area contributed by atoms with Crippen molar-refractivity contribution in [3.63, 3.8) is 0 Å². The third-order valence-corrected chi connectivity index (χ3v) is 4.78. The third kappa shape index (κ3) is 3.85. The average Bonchev–Trinajstić information content (AvgIpc) is 2.89. The van der Waals surface area contributed by atoms with Crippen molar-refractivity contribution in [1.82, 2.24) is 0 Å². The van der Waals surface area contributed by atoms with E-state index in [9.17, 15) is 4.21 Å². The third-order valence-electron chi connectivity index (χ3n) is 2.51. The van der Waals surface area contributed by atoms with Gasteiger partial charge in [0.2, 0.25) is 0 Å². The molecule has 0 saturated carbocycles. The fraction of sp³-hybridized carbons (Fsp3) is 0.267. The van der Waals surface area contributed by atoms with E-state index in [2.05, 4.69) is 28.0 Å². The van der Waals surface area contributed by atoms with Crippen molar-refractivity contribution in [2.75, 3.05) is 0 Å². The van der Waals surface area contributed by atoms with Gasteiger partial charge in [-0.25, -0.2) is 4.21 Å². The molecule has 0 aliphatic carbocycles. The molecule has 0 spiro atoms. The Morgan fingerprint density at radius 3 is 2.63 bits per heavy atom. The van der Waals surface area contributed by atoms with Crippen LogP contribution in [-0.2, 0) is 11.0 Å². The van der Waals surface area contributed by atoms with Gasteiger partial charge in [0.05, 0.1) is 4.75 Å². The molecule has 2 nitrogen and oxygen atoms in total. The number of thiophene rings is 1. The van der Waals surface area contributed by atoms with Crippen LogP contribution in [0.1, 0.15) is 26.3 Å². The van der Waals surface area contributed by atoms with Crippen LogP contribution in [0.5, 0.6) is 0 Å². The Kier molecular flexibility index (Phi) is 4.32. The van der Waals surface area contributed by atoms with Gasteiger partial charge in [-0.2, -0.15) is 4.40 Å². The van der Waals surface area contributed by atoms with Gasteiger partial charge in [-0.3, -0.25) is 0 Å². The summed E-state index contributed by atoms with van der Waals surface area (Å²) in [7, 11) is -1.21. The van der Waals surface area contributed by atoms with Crippen LogP contribution >= 0.6 is 11.3 Å². The first-order valence-corrected chi connectivity index (χ1v) is 8.05. The largest absolute Gasteiger partial charge is 0.234 e. The minimum Gasteiger partial charge on any atom is -0.234 e. The van der Waals surface area contributed by atoms with Gasteiger partial charge in [0, 0.05) is 11.1 Å². The standard InChI is InChI=1S/C15H17NOS2/c1-15(2,3)19(17)16-11-12-6-4-7-13(10-12)14-8-5-9-18-14/h4-11H,1-3H3/b16-11+/t19-/m1/s1. The smallest absolute Gasteiger partial charge is 0.144 e. The summed E-state index contributed by atoms with van der Waals surface area (Å²) >= 11 is 1.71. The normalized spacial score (nSPS) is 13.8. The van der Waals surface area contributed by atoms with Crippen LogP contribution in [0.3, 0.4) is 0 Å². The van der Waals surface area contributed by atoms with E-state index in [0.29, 0.717) is 0 Å². The van der Waals surface area contributed by atoms with Crippen LogP contribution in [0.25, 0.3) is 10.4 Å². The maximum Gasteiger partial charge on any atom is 0.144 e. The van der Waals surface area contributed by atoms with Crippen LogP contribution in [0.15, 0.2) is 46.2 Å². The summed E-state index contributed by atoms with van der Waals surface area (Å²) in [6.45, 7) is 5.76. The average molecular weight is 291 g/mol. The molecule has 1 aromatic heterocycles. The predicted octanol–water partition coefficient (Wildman–Crippen LogP) is 4.30. The van der Waals surface area contributed by atoms with Gasteiger partial charge >= 0.3 is 0 Å². The lowest BCUT2D eigenvalue weighted by Crippen LogP contribution is -2.19. The molecule has 0 radical (unpaired) electrons. The molecule has 1 atom stereocenters. The van der Waals surface area contributed by atoms with Gasteiger partial charge in [0.25, 0.3) is 0 Å². The second-order valence-corrected chi connectivity index (χ2v) is 8.08. The highest BCUT2D eigenvalue weighted by atomic mass is 32.2. The first-order valence-electron chi connectivity index (χ1n) is 6.07. The summed E-state index contributed by atoms with van der Waals surface area (Å²) in [6, 6.07) is 12.2. The molecule has 2 aromatic rings. The topological polar surface area (TPSA) is 29.4 Å². The molecular formula is C15H17NOS2. The van der Waals surface area contributed by atoms with Crippen molar-refractivity contribution in [3.05, 3.63) is 47.3 Å². The molecule has 4 heteroatoms. The van der Waals surface area contributed by atoms with Gasteiger partial charge in [0.15, 0.2) is 0 Å². The fourth-order valence-electron chi connectivity index (χ4n) is 1.48. The van der Waals surface area contributed by atoms with Gasteiger partial charge in [0.1, 0.15) is 11.0 Å². The summed E-state index contributed by atoms with van der Waals surface area (Å²) in [6.07, 6.45) is 1.69. The Balaban J connectivity index is 2.21. The summed E-state index contributed by atoms with van der Waals surface area (Å²) in [4.78, 5) is 1.23. The Morgan fingerprint density at radius 1 is 1.21 bits per heavy atom. The molecule has 0 bridgehead atoms. The van der Waals surface area contributed by atoms with E-state index in [1.54, 1.807) is 17.6 Å². The van der Waals surface area contributed by atoms with E-state index >= 15 is 0 Å². The summed E-state index contributed by atoms with van der Waals surface area (Å²) in [5.41, 5.74) is 2.14. The minimum atomic E-state index is -1.21. The van der Waals surface area contributed by atoms with Crippen molar-refractivity contribution >= 4 is 28.5 Å². The first kappa shape index (κ1) is 14.2. The van der Waals surface area contributed by atoms with E-state index in [-0.39, 0.29) is 4.75 Å². The van der Waals surface area contributed by atoms with E-state index in [1.807, 2.05) is 39.0 Å². The summed E-state index contributed by atoms with van der Waals surface area (Å²) in [5, 5.41) is 2.06. The zero-order chi connectivity index (χ0) is 13.9. The van der Waals surface area contributed by atoms with Crippen LogP contribution in [0.2, 0.25) is 0 Å². The van der Waals surface area contributed by atoms with Crippen molar-refractivity contribution in [2.24, 2.45) is 4.40 Å². The van der Waals surface area contributed by atoms with Crippen LogP contribution in [0, 0.1) is 0 Å². The minimum absolute atomic E-state index is 0.318. The molecule has 0 amide bonds. The van der Waals surface area contributed by atoms with E-state index < -0.39 is 11.0 Å². The second-order valence-electron chi connectivity index (χ2n) is 5.20. The SMILES string of the molecule is CC(C)(C)[S@@](=O)/N=C/c1cccc(-c2cccs2)c1. The highest BCUT2D eigenvalue weighted by Crippen LogP contribution is 2.24. The highest BCUT2D eigenvalue weighted by Gasteiger charge is 2.18. The highest BCUT2D eigenvalue weighted by molar-refractivity contribution is 7.85. The second kappa shape index (κ2) is 5.80. The van der Waals surface area contributed by atoms with E-state index in [1.165, 1.54) is 10.4 Å². The molecule has 0 fully saturated rings. The molecule has 0 N–H and O–H groups in total. The predicted molar refractivity (Wildman–Crippen MR) is 85.2 cm³/mol. The fourth-order valence-corrected chi connectivity index (χ4v) is 2.74. The maximum atomic E-state index is 11.9. The van der Waals surface area contributed by atoms with E-state index in [4.69, 9.17) is 0 Å². The lowest BCUT2D eigenvalue weighted by atomic mass is 10.1. The molecule has 0 saturated heterocycles. The maximum absolute atomic E-state index is 11.9. The molecule has 0 aliphatic heterocycles. The zero-order valence-corrected chi connectivity index (χ0v) is 12.9. The van der Waals surface area contributed by atoms with Gasteiger partial charge in [-0.1, -0.05) is 24.3 Å². The number of hydrogen-bond acceptors (Lipinski definition) is 2. The molecule has 2 rings (SSSR count). The molecule has 1 heterocycles. The summed E-state index contributed by atoms with van der Waals surface area (Å²) in [5.74, 6) is 0. The van der Waals surface area contributed by atoms with Gasteiger partial charge in [-0.05, 0) is 49.4 Å². The molecule has 0 aliphatic rings. The van der Waals surface area contributed by atoms with Crippen molar-refractivity contribution < 1.29 is 4.21 Å². The molecule has 0 unspecified atom stereocenters. The number of rotatable bonds is 3. The van der Waals surface area contributed by atoms with Crippen molar-refractivity contribution in [1.29, 1.82) is 0 Å². The van der Waals surface area contributed by atoms with Crippen molar-refractivity contribution in [2.45, 2.75) is 25.5 Å². The first-order chi connectivity index (χ1) is 8.97. The van der Waals surface area contributed by atoms with Crippen LogP contribution in [-0.4, -0.2) is 15.2 Å². The Labute approximate surface area is 120 Å². The Bertz CT molecular complexity index is 595. The molecular weight excluding hydrogens is 274 g/mol. The van der Waals surface area contributed by atoms with Gasteiger partial charge < -0.3 is 0 Å². The van der Waals surface area contributed by atoms with Crippen LogP contribution < -0.4 is 0 Å². The molecule has 19 heavy (non-hydrogen) atoms. The van der Waals surface area contributed by atoms with Crippen LogP contribution in [0.4, 0.5) is 0 Å². The zero-order valence-electron chi connectivity index (χ0n) is 11.3. The quantitative estimate of drug-likeness (QED) is 0.775. The number of benzene rings is 1. The lowest BCUT2D eigenvalue weighted by molar-refractivity contribution is 0.651. The number of nitrogens with zero attached hydrogens (tertiary/aromatic N) is 1. The Morgan fingerprint density at radius 2 is 2.00 bits per heavy atom. The van der Waals surface area contributed by atoms with Crippen molar-refractivity contribution in [3.8, 4) is 10.4 Å². The van der Waals surface area contributed by atoms with Gasteiger partial charge in [-0.15, -0.1) is 11.3 Å². The molecule has 1 aromatic carbocycles. The van der Waals surface area contributed by atoms with E-state index in [0.717, 1.165) is 5.56 Å². The number of hydrogen-bond donors (Lipinski definition) is 0. The Hall–Kier alpha value is -1.26. The lowest BCUT2D eigenvalue weighted by Gasteiger charge is -2.12. The monoisotopic (exact) mass is 291 g/mol. The molecule has 100 valence electrons. The summed E-state index contributed by atoms with van der Waals surface area (Å²) < 4.78 is 15.7.